The van der Waals surface area contributed by atoms with Crippen molar-refractivity contribution in [2.75, 3.05) is 18.0 Å². The van der Waals surface area contributed by atoms with E-state index in [1.165, 1.54) is 24.1 Å². The molecule has 1 aliphatic rings. The lowest BCUT2D eigenvalue weighted by molar-refractivity contribution is 0.446. The first kappa shape index (κ1) is 12.3. The van der Waals surface area contributed by atoms with Gasteiger partial charge in [-0.2, -0.15) is 0 Å². The number of nitrogens with zero attached hydrogens (tertiary/aromatic N) is 1. The molecule has 0 saturated carbocycles. The van der Waals surface area contributed by atoms with E-state index in [0.717, 1.165) is 23.5 Å². The van der Waals surface area contributed by atoms with Gasteiger partial charge < -0.3 is 4.90 Å². The van der Waals surface area contributed by atoms with Crippen molar-refractivity contribution in [3.05, 3.63) is 28.2 Å². The summed E-state index contributed by atoms with van der Waals surface area (Å²) >= 11 is 9.54. The number of anilines is 1. The van der Waals surface area contributed by atoms with Gasteiger partial charge in [0.25, 0.3) is 0 Å². The van der Waals surface area contributed by atoms with Gasteiger partial charge in [-0.1, -0.05) is 28.9 Å². The first-order valence-electron chi connectivity index (χ1n) is 5.80. The Bertz CT molecular complexity index is 367. The molecule has 16 heavy (non-hydrogen) atoms. The summed E-state index contributed by atoms with van der Waals surface area (Å²) in [5, 5.41) is 0. The second-order valence-electron chi connectivity index (χ2n) is 4.60. The van der Waals surface area contributed by atoms with Gasteiger partial charge in [0.05, 0.1) is 0 Å². The summed E-state index contributed by atoms with van der Waals surface area (Å²) in [6.07, 6.45) is 2.64. The van der Waals surface area contributed by atoms with Crippen LogP contribution in [0.1, 0.15) is 25.3 Å². The second kappa shape index (κ2) is 5.42. The maximum atomic E-state index is 6.00. The van der Waals surface area contributed by atoms with Crippen LogP contribution in [0.15, 0.2) is 22.7 Å². The van der Waals surface area contributed by atoms with Crippen molar-refractivity contribution in [3.8, 4) is 0 Å². The molecule has 0 bridgehead atoms. The van der Waals surface area contributed by atoms with Crippen molar-refractivity contribution in [2.24, 2.45) is 5.92 Å². The Balaban J connectivity index is 2.26. The lowest BCUT2D eigenvalue weighted by Gasteiger charge is -2.34. The van der Waals surface area contributed by atoms with Crippen LogP contribution in [0.3, 0.4) is 0 Å². The highest BCUT2D eigenvalue weighted by Gasteiger charge is 2.18. The SMILES string of the molecule is CC1CCCN(c2cc(Br)ccc2CCl)C1. The maximum absolute atomic E-state index is 6.00. The zero-order valence-electron chi connectivity index (χ0n) is 9.55. The predicted molar refractivity (Wildman–Crippen MR) is 74.3 cm³/mol. The molecular weight excluding hydrogens is 286 g/mol. The minimum atomic E-state index is 0.591. The van der Waals surface area contributed by atoms with E-state index in [4.69, 9.17) is 11.6 Å². The summed E-state index contributed by atoms with van der Waals surface area (Å²) in [6, 6.07) is 6.37. The highest BCUT2D eigenvalue weighted by Crippen LogP contribution is 2.30. The Hall–Kier alpha value is -0.210. The Morgan fingerprint density at radius 3 is 3.00 bits per heavy atom. The molecular formula is C13H17BrClN. The molecule has 0 N–H and O–H groups in total. The molecule has 1 aliphatic heterocycles. The summed E-state index contributed by atoms with van der Waals surface area (Å²) in [5.41, 5.74) is 2.54. The van der Waals surface area contributed by atoms with Crippen LogP contribution in [-0.4, -0.2) is 13.1 Å². The Labute approximate surface area is 111 Å². The number of halogens is 2. The summed E-state index contributed by atoms with van der Waals surface area (Å²) in [7, 11) is 0. The molecule has 0 spiro atoms. The van der Waals surface area contributed by atoms with E-state index in [0.29, 0.717) is 5.88 Å². The van der Waals surface area contributed by atoms with Crippen LogP contribution in [0.4, 0.5) is 5.69 Å². The average molecular weight is 303 g/mol. The zero-order valence-corrected chi connectivity index (χ0v) is 11.9. The quantitative estimate of drug-likeness (QED) is 0.731. The van der Waals surface area contributed by atoms with Gasteiger partial charge in [-0.15, -0.1) is 11.6 Å². The third-order valence-corrected chi connectivity index (χ3v) is 3.97. The molecule has 1 nitrogen and oxygen atoms in total. The summed E-state index contributed by atoms with van der Waals surface area (Å²) < 4.78 is 1.13. The molecule has 1 aromatic rings. The van der Waals surface area contributed by atoms with Gasteiger partial charge in [-0.25, -0.2) is 0 Å². The normalized spacial score (nSPS) is 21.2. The number of benzene rings is 1. The predicted octanol–water partition coefficient (Wildman–Crippen LogP) is 4.42. The third kappa shape index (κ3) is 2.72. The largest absolute Gasteiger partial charge is 0.371 e. The monoisotopic (exact) mass is 301 g/mol. The first-order chi connectivity index (χ1) is 7.70. The lowest BCUT2D eigenvalue weighted by atomic mass is 9.99. The fourth-order valence-electron chi connectivity index (χ4n) is 2.35. The molecule has 0 aromatic heterocycles. The molecule has 3 heteroatoms. The number of hydrogen-bond donors (Lipinski definition) is 0. The van der Waals surface area contributed by atoms with Crippen molar-refractivity contribution >= 4 is 33.2 Å². The topological polar surface area (TPSA) is 3.24 Å². The number of hydrogen-bond acceptors (Lipinski definition) is 1. The van der Waals surface area contributed by atoms with Crippen molar-refractivity contribution < 1.29 is 0 Å². The van der Waals surface area contributed by atoms with E-state index in [2.05, 4.69) is 46.0 Å². The molecule has 1 atom stereocenters. The van der Waals surface area contributed by atoms with Crippen LogP contribution in [-0.2, 0) is 5.88 Å². The Kier molecular flexibility index (Phi) is 4.15. The van der Waals surface area contributed by atoms with Crippen molar-refractivity contribution in [1.29, 1.82) is 0 Å². The molecule has 88 valence electrons. The second-order valence-corrected chi connectivity index (χ2v) is 5.78. The molecule has 1 saturated heterocycles. The molecule has 2 rings (SSSR count). The molecule has 0 aliphatic carbocycles. The van der Waals surface area contributed by atoms with E-state index >= 15 is 0 Å². The van der Waals surface area contributed by atoms with Crippen LogP contribution < -0.4 is 4.90 Å². The van der Waals surface area contributed by atoms with Gasteiger partial charge in [0.1, 0.15) is 0 Å². The smallest absolute Gasteiger partial charge is 0.0494 e. The highest BCUT2D eigenvalue weighted by molar-refractivity contribution is 9.10. The minimum Gasteiger partial charge on any atom is -0.371 e. The van der Waals surface area contributed by atoms with Crippen LogP contribution in [0, 0.1) is 5.92 Å². The van der Waals surface area contributed by atoms with Crippen LogP contribution in [0.2, 0.25) is 0 Å². The number of rotatable bonds is 2. The van der Waals surface area contributed by atoms with Gasteiger partial charge in [0.2, 0.25) is 0 Å². The van der Waals surface area contributed by atoms with Crippen LogP contribution in [0.5, 0.6) is 0 Å². The standard InChI is InChI=1S/C13H17BrClN/c1-10-3-2-6-16(9-10)13-7-12(14)5-4-11(13)8-15/h4-5,7,10H,2-3,6,8-9H2,1H3. The summed E-state index contributed by atoms with van der Waals surface area (Å²) in [5.74, 6) is 1.38. The van der Waals surface area contributed by atoms with Crippen LogP contribution in [0.25, 0.3) is 0 Å². The zero-order chi connectivity index (χ0) is 11.5. The molecule has 0 radical (unpaired) electrons. The molecule has 1 aromatic carbocycles. The van der Waals surface area contributed by atoms with Crippen LogP contribution >= 0.6 is 27.5 Å². The van der Waals surface area contributed by atoms with E-state index in [1.54, 1.807) is 0 Å². The van der Waals surface area contributed by atoms with Crippen molar-refractivity contribution in [3.63, 3.8) is 0 Å². The fraction of sp³-hybridized carbons (Fsp3) is 0.538. The lowest BCUT2D eigenvalue weighted by Crippen LogP contribution is -2.34. The number of alkyl halides is 1. The van der Waals surface area contributed by atoms with Gasteiger partial charge >= 0.3 is 0 Å². The average Bonchev–Trinajstić information content (AvgIpc) is 2.29. The van der Waals surface area contributed by atoms with E-state index in [1.807, 2.05) is 0 Å². The van der Waals surface area contributed by atoms with E-state index in [-0.39, 0.29) is 0 Å². The minimum absolute atomic E-state index is 0.591. The fourth-order valence-corrected chi connectivity index (χ4v) is 2.93. The van der Waals surface area contributed by atoms with Gasteiger partial charge in [0.15, 0.2) is 0 Å². The highest BCUT2D eigenvalue weighted by atomic mass is 79.9. The van der Waals surface area contributed by atoms with Crippen molar-refractivity contribution in [2.45, 2.75) is 25.6 Å². The Morgan fingerprint density at radius 2 is 2.31 bits per heavy atom. The summed E-state index contributed by atoms with van der Waals surface area (Å²) in [4.78, 5) is 2.47. The Morgan fingerprint density at radius 1 is 1.50 bits per heavy atom. The molecule has 1 unspecified atom stereocenters. The molecule has 1 fully saturated rings. The van der Waals surface area contributed by atoms with Crippen molar-refractivity contribution in [1.82, 2.24) is 0 Å². The molecule has 1 heterocycles. The first-order valence-corrected chi connectivity index (χ1v) is 7.13. The maximum Gasteiger partial charge on any atom is 0.0494 e. The third-order valence-electron chi connectivity index (χ3n) is 3.19. The molecule has 0 amide bonds. The summed E-state index contributed by atoms with van der Waals surface area (Å²) in [6.45, 7) is 4.63. The van der Waals surface area contributed by atoms with E-state index < -0.39 is 0 Å². The number of piperidine rings is 1. The van der Waals surface area contributed by atoms with Gasteiger partial charge in [-0.05, 0) is 36.5 Å². The van der Waals surface area contributed by atoms with Gasteiger partial charge in [0, 0.05) is 29.1 Å². The van der Waals surface area contributed by atoms with Gasteiger partial charge in [-0.3, -0.25) is 0 Å². The van der Waals surface area contributed by atoms with E-state index in [9.17, 15) is 0 Å².